The fourth-order valence-corrected chi connectivity index (χ4v) is 4.42. The second-order valence-corrected chi connectivity index (χ2v) is 8.30. The van der Waals surface area contributed by atoms with Crippen LogP contribution in [0.4, 0.5) is 4.39 Å². The highest BCUT2D eigenvalue weighted by Crippen LogP contribution is 2.34. The van der Waals surface area contributed by atoms with Crippen molar-refractivity contribution in [3.63, 3.8) is 0 Å². The average molecular weight is 439 g/mol. The van der Waals surface area contributed by atoms with E-state index in [1.807, 2.05) is 18.2 Å². The van der Waals surface area contributed by atoms with Crippen LogP contribution in [0, 0.1) is 12.7 Å². The van der Waals surface area contributed by atoms with E-state index in [4.69, 9.17) is 0 Å². The smallest absolute Gasteiger partial charge is 0.127 e. The van der Waals surface area contributed by atoms with Gasteiger partial charge in [0, 0.05) is 36.2 Å². The van der Waals surface area contributed by atoms with E-state index >= 15 is 0 Å². The predicted molar refractivity (Wildman–Crippen MR) is 115 cm³/mol. The van der Waals surface area contributed by atoms with Crippen molar-refractivity contribution in [3.8, 4) is 0 Å². The van der Waals surface area contributed by atoms with E-state index in [1.165, 1.54) is 16.7 Å². The second-order valence-electron chi connectivity index (χ2n) is 7.39. The van der Waals surface area contributed by atoms with Gasteiger partial charge in [-0.15, -0.1) is 0 Å². The first kappa shape index (κ1) is 19.3. The van der Waals surface area contributed by atoms with Crippen LogP contribution >= 0.6 is 15.9 Å². The van der Waals surface area contributed by atoms with Crippen molar-refractivity contribution in [3.05, 3.63) is 105 Å². The van der Waals surface area contributed by atoms with Crippen molar-refractivity contribution in [1.82, 2.24) is 9.80 Å². The Morgan fingerprint density at radius 3 is 2.18 bits per heavy atom. The van der Waals surface area contributed by atoms with Crippen LogP contribution in [0.5, 0.6) is 0 Å². The summed E-state index contributed by atoms with van der Waals surface area (Å²) in [4.78, 5) is 4.86. The predicted octanol–water partition coefficient (Wildman–Crippen LogP) is 5.91. The first-order valence-corrected chi connectivity index (χ1v) is 10.4. The number of hydrogen-bond donors (Lipinski definition) is 0. The number of aryl methyl sites for hydroxylation is 1. The third kappa shape index (κ3) is 4.19. The highest BCUT2D eigenvalue weighted by Gasteiger charge is 2.33. The third-order valence-electron chi connectivity index (χ3n) is 5.48. The summed E-state index contributed by atoms with van der Waals surface area (Å²) in [6.45, 7) is 5.53. The van der Waals surface area contributed by atoms with Crippen molar-refractivity contribution in [2.24, 2.45) is 0 Å². The van der Waals surface area contributed by atoms with Crippen LogP contribution in [-0.2, 0) is 13.1 Å². The summed E-state index contributed by atoms with van der Waals surface area (Å²) in [6.07, 6.45) is 0.122. The summed E-state index contributed by atoms with van der Waals surface area (Å²) in [5.41, 5.74) is 4.63. The standard InChI is InChI=1S/C24H24BrFN2/c1-18-7-2-3-8-20(18)16-27-13-14-28(17-21-9-4-5-12-23(21)26)24(27)19-10-6-11-22(25)15-19/h2-12,15,24H,13-14,16-17H2,1H3. The highest BCUT2D eigenvalue weighted by atomic mass is 79.9. The Morgan fingerprint density at radius 2 is 1.50 bits per heavy atom. The number of benzene rings is 3. The molecule has 3 aromatic carbocycles. The molecule has 1 atom stereocenters. The summed E-state index contributed by atoms with van der Waals surface area (Å²) >= 11 is 3.61. The molecule has 0 bridgehead atoms. The van der Waals surface area contributed by atoms with Crippen LogP contribution in [0.15, 0.2) is 77.3 Å². The molecule has 0 aromatic heterocycles. The Balaban J connectivity index is 1.65. The molecule has 1 saturated heterocycles. The van der Waals surface area contributed by atoms with Gasteiger partial charge in [-0.1, -0.05) is 70.5 Å². The van der Waals surface area contributed by atoms with E-state index in [0.717, 1.165) is 29.7 Å². The molecule has 1 unspecified atom stereocenters. The van der Waals surface area contributed by atoms with Gasteiger partial charge in [-0.05, 0) is 41.8 Å². The van der Waals surface area contributed by atoms with E-state index in [2.05, 4.69) is 75.1 Å². The Kier molecular flexibility index (Phi) is 5.90. The molecular formula is C24H24BrFN2. The lowest BCUT2D eigenvalue weighted by Crippen LogP contribution is -2.31. The average Bonchev–Trinajstić information content (AvgIpc) is 3.08. The molecule has 0 amide bonds. The van der Waals surface area contributed by atoms with Gasteiger partial charge in [0.2, 0.25) is 0 Å². The topological polar surface area (TPSA) is 6.48 Å². The van der Waals surface area contributed by atoms with Crippen molar-refractivity contribution >= 4 is 15.9 Å². The number of hydrogen-bond acceptors (Lipinski definition) is 2. The Hall–Kier alpha value is -2.01. The first-order chi connectivity index (χ1) is 13.6. The zero-order valence-corrected chi connectivity index (χ0v) is 17.6. The molecule has 1 fully saturated rings. The van der Waals surface area contributed by atoms with E-state index in [-0.39, 0.29) is 12.0 Å². The Bertz CT molecular complexity index is 903. The second kappa shape index (κ2) is 8.56. The summed E-state index contributed by atoms with van der Waals surface area (Å²) in [5, 5.41) is 0. The molecule has 1 aliphatic heterocycles. The van der Waals surface area contributed by atoms with Gasteiger partial charge in [-0.3, -0.25) is 9.80 Å². The summed E-state index contributed by atoms with van der Waals surface area (Å²) in [7, 11) is 0. The number of nitrogens with zero attached hydrogens (tertiary/aromatic N) is 2. The number of rotatable bonds is 5. The summed E-state index contributed by atoms with van der Waals surface area (Å²) < 4.78 is 15.4. The molecule has 2 nitrogen and oxygen atoms in total. The molecule has 0 spiro atoms. The zero-order valence-electron chi connectivity index (χ0n) is 16.0. The molecule has 0 radical (unpaired) electrons. The van der Waals surface area contributed by atoms with Crippen LogP contribution in [0.2, 0.25) is 0 Å². The van der Waals surface area contributed by atoms with Gasteiger partial charge in [0.15, 0.2) is 0 Å². The van der Waals surface area contributed by atoms with Crippen molar-refractivity contribution in [1.29, 1.82) is 0 Å². The van der Waals surface area contributed by atoms with Crippen molar-refractivity contribution in [2.75, 3.05) is 13.1 Å². The minimum Gasteiger partial charge on any atom is -0.278 e. The normalized spacial score (nSPS) is 17.9. The Morgan fingerprint density at radius 1 is 0.857 bits per heavy atom. The van der Waals surface area contributed by atoms with Gasteiger partial charge in [-0.25, -0.2) is 4.39 Å². The van der Waals surface area contributed by atoms with Gasteiger partial charge < -0.3 is 0 Å². The SMILES string of the molecule is Cc1ccccc1CN1CCN(Cc2ccccc2F)C1c1cccc(Br)c1. The van der Waals surface area contributed by atoms with Crippen LogP contribution < -0.4 is 0 Å². The zero-order chi connectivity index (χ0) is 19.5. The van der Waals surface area contributed by atoms with Crippen LogP contribution in [0.25, 0.3) is 0 Å². The van der Waals surface area contributed by atoms with Crippen LogP contribution in [-0.4, -0.2) is 22.9 Å². The molecule has 3 aromatic rings. The van der Waals surface area contributed by atoms with Gasteiger partial charge in [0.1, 0.15) is 5.82 Å². The molecule has 0 N–H and O–H groups in total. The lowest BCUT2D eigenvalue weighted by atomic mass is 10.1. The van der Waals surface area contributed by atoms with E-state index < -0.39 is 0 Å². The molecule has 4 heteroatoms. The molecule has 28 heavy (non-hydrogen) atoms. The minimum absolute atomic E-state index is 0.122. The van der Waals surface area contributed by atoms with Crippen molar-refractivity contribution < 1.29 is 4.39 Å². The molecule has 1 heterocycles. The molecule has 1 aliphatic rings. The first-order valence-electron chi connectivity index (χ1n) is 9.63. The lowest BCUT2D eigenvalue weighted by Gasteiger charge is -2.31. The van der Waals surface area contributed by atoms with Crippen molar-refractivity contribution in [2.45, 2.75) is 26.2 Å². The fourth-order valence-electron chi connectivity index (χ4n) is 4.00. The monoisotopic (exact) mass is 438 g/mol. The summed E-state index contributed by atoms with van der Waals surface area (Å²) in [6, 6.07) is 24.1. The molecule has 0 saturated carbocycles. The molecule has 4 rings (SSSR count). The third-order valence-corrected chi connectivity index (χ3v) is 5.97. The van der Waals surface area contributed by atoms with Gasteiger partial charge in [0.05, 0.1) is 6.17 Å². The maximum atomic E-state index is 14.3. The van der Waals surface area contributed by atoms with Crippen LogP contribution in [0.3, 0.4) is 0 Å². The largest absolute Gasteiger partial charge is 0.278 e. The maximum absolute atomic E-state index is 14.3. The molecule has 144 valence electrons. The van der Waals surface area contributed by atoms with Gasteiger partial charge in [0.25, 0.3) is 0 Å². The van der Waals surface area contributed by atoms with Crippen LogP contribution in [0.1, 0.15) is 28.4 Å². The lowest BCUT2D eigenvalue weighted by molar-refractivity contribution is 0.124. The highest BCUT2D eigenvalue weighted by molar-refractivity contribution is 9.10. The Labute approximate surface area is 174 Å². The fraction of sp³-hybridized carbons (Fsp3) is 0.250. The van der Waals surface area contributed by atoms with Gasteiger partial charge >= 0.3 is 0 Å². The van der Waals surface area contributed by atoms with E-state index in [1.54, 1.807) is 12.1 Å². The molecule has 0 aliphatic carbocycles. The van der Waals surface area contributed by atoms with E-state index in [0.29, 0.717) is 6.54 Å². The van der Waals surface area contributed by atoms with E-state index in [9.17, 15) is 4.39 Å². The minimum atomic E-state index is -0.132. The maximum Gasteiger partial charge on any atom is 0.127 e. The molecular weight excluding hydrogens is 415 g/mol. The van der Waals surface area contributed by atoms with Gasteiger partial charge in [-0.2, -0.15) is 0 Å². The quantitative estimate of drug-likeness (QED) is 0.488. The summed E-state index contributed by atoms with van der Waals surface area (Å²) in [5.74, 6) is -0.132. The number of halogens is 2.